The first-order chi connectivity index (χ1) is 14.6. The maximum Gasteiger partial charge on any atom is 0.313 e. The van der Waals surface area contributed by atoms with E-state index in [2.05, 4.69) is 34.9 Å². The van der Waals surface area contributed by atoms with Crippen molar-refractivity contribution in [2.75, 3.05) is 11.9 Å². The molecule has 0 unspecified atom stereocenters. The molecular formula is C26H28N2O2. The first-order valence-corrected chi connectivity index (χ1v) is 10.4. The van der Waals surface area contributed by atoms with E-state index in [-0.39, 0.29) is 5.92 Å². The number of para-hydroxylation sites is 1. The van der Waals surface area contributed by atoms with Crippen molar-refractivity contribution in [2.24, 2.45) is 0 Å². The molecule has 3 aromatic carbocycles. The van der Waals surface area contributed by atoms with E-state index >= 15 is 0 Å². The van der Waals surface area contributed by atoms with Crippen LogP contribution in [0.15, 0.2) is 78.9 Å². The SMILES string of the molecule is CCc1cccc(C)c1NC(=O)C(=O)NCCC(c1ccccc1)c1ccccc1. The van der Waals surface area contributed by atoms with Crippen LogP contribution in [-0.4, -0.2) is 18.4 Å². The molecule has 154 valence electrons. The van der Waals surface area contributed by atoms with E-state index in [1.54, 1.807) is 0 Å². The third-order valence-corrected chi connectivity index (χ3v) is 5.31. The largest absolute Gasteiger partial charge is 0.348 e. The molecule has 0 radical (unpaired) electrons. The van der Waals surface area contributed by atoms with Crippen molar-refractivity contribution in [1.29, 1.82) is 0 Å². The van der Waals surface area contributed by atoms with Crippen LogP contribution < -0.4 is 10.6 Å². The quantitative estimate of drug-likeness (QED) is 0.558. The summed E-state index contributed by atoms with van der Waals surface area (Å²) in [6, 6.07) is 26.3. The molecule has 4 heteroatoms. The van der Waals surface area contributed by atoms with E-state index in [4.69, 9.17) is 0 Å². The zero-order valence-electron chi connectivity index (χ0n) is 17.5. The van der Waals surface area contributed by atoms with Crippen LogP contribution in [0.1, 0.15) is 41.5 Å². The molecule has 30 heavy (non-hydrogen) atoms. The van der Waals surface area contributed by atoms with E-state index in [9.17, 15) is 9.59 Å². The van der Waals surface area contributed by atoms with Gasteiger partial charge in [0, 0.05) is 18.2 Å². The molecule has 3 aromatic rings. The molecule has 0 bridgehead atoms. The number of benzene rings is 3. The van der Waals surface area contributed by atoms with Gasteiger partial charge in [-0.05, 0) is 42.0 Å². The van der Waals surface area contributed by atoms with Crippen LogP contribution in [-0.2, 0) is 16.0 Å². The number of anilines is 1. The number of carbonyl (C=O) groups excluding carboxylic acids is 2. The highest BCUT2D eigenvalue weighted by atomic mass is 16.2. The lowest BCUT2D eigenvalue weighted by molar-refractivity contribution is -0.136. The standard InChI is InChI=1S/C26H28N2O2/c1-3-20-16-10-11-19(2)24(20)28-26(30)25(29)27-18-17-23(21-12-6-4-7-13-21)22-14-8-5-9-15-22/h4-16,23H,3,17-18H2,1-2H3,(H,27,29)(H,28,30). The summed E-state index contributed by atoms with van der Waals surface area (Å²) in [5.41, 5.74) is 5.07. The predicted octanol–water partition coefficient (Wildman–Crippen LogP) is 4.83. The minimum Gasteiger partial charge on any atom is -0.348 e. The van der Waals surface area contributed by atoms with Gasteiger partial charge in [0.25, 0.3) is 0 Å². The second-order valence-electron chi connectivity index (χ2n) is 7.34. The van der Waals surface area contributed by atoms with Gasteiger partial charge in [0.05, 0.1) is 0 Å². The second kappa shape index (κ2) is 10.4. The molecular weight excluding hydrogens is 372 g/mol. The molecule has 0 aliphatic carbocycles. The van der Waals surface area contributed by atoms with Crippen molar-refractivity contribution in [3.63, 3.8) is 0 Å². The third-order valence-electron chi connectivity index (χ3n) is 5.31. The van der Waals surface area contributed by atoms with Crippen molar-refractivity contribution in [3.8, 4) is 0 Å². The van der Waals surface area contributed by atoms with Gasteiger partial charge in [0.1, 0.15) is 0 Å². The minimum absolute atomic E-state index is 0.152. The van der Waals surface area contributed by atoms with E-state index < -0.39 is 11.8 Å². The first-order valence-electron chi connectivity index (χ1n) is 10.4. The molecule has 4 nitrogen and oxygen atoms in total. The number of rotatable bonds is 7. The number of aryl methyl sites for hydroxylation is 2. The van der Waals surface area contributed by atoms with Gasteiger partial charge in [0.2, 0.25) is 0 Å². The van der Waals surface area contributed by atoms with E-state index in [1.807, 2.05) is 68.4 Å². The van der Waals surface area contributed by atoms with Gasteiger partial charge in [0.15, 0.2) is 0 Å². The smallest absolute Gasteiger partial charge is 0.313 e. The second-order valence-corrected chi connectivity index (χ2v) is 7.34. The monoisotopic (exact) mass is 400 g/mol. The average molecular weight is 401 g/mol. The lowest BCUT2D eigenvalue weighted by Gasteiger charge is -2.18. The Bertz CT molecular complexity index is 945. The van der Waals surface area contributed by atoms with Crippen LogP contribution in [0.5, 0.6) is 0 Å². The van der Waals surface area contributed by atoms with Gasteiger partial charge in [-0.3, -0.25) is 9.59 Å². The van der Waals surface area contributed by atoms with Gasteiger partial charge in [-0.15, -0.1) is 0 Å². The van der Waals surface area contributed by atoms with E-state index in [1.165, 1.54) is 11.1 Å². The third kappa shape index (κ3) is 5.35. The Labute approximate surface area is 178 Å². The fraction of sp³-hybridized carbons (Fsp3) is 0.231. The Hall–Kier alpha value is -3.40. The molecule has 0 aliphatic heterocycles. The molecule has 2 amide bonds. The van der Waals surface area contributed by atoms with Gasteiger partial charge in [-0.2, -0.15) is 0 Å². The zero-order valence-corrected chi connectivity index (χ0v) is 17.5. The number of amides is 2. The van der Waals surface area contributed by atoms with Gasteiger partial charge < -0.3 is 10.6 Å². The number of carbonyl (C=O) groups is 2. The molecule has 2 N–H and O–H groups in total. The van der Waals surface area contributed by atoms with Gasteiger partial charge >= 0.3 is 11.8 Å². The maximum absolute atomic E-state index is 12.4. The van der Waals surface area contributed by atoms with Gasteiger partial charge in [-0.25, -0.2) is 0 Å². The molecule has 0 spiro atoms. The molecule has 3 rings (SSSR count). The van der Waals surface area contributed by atoms with Crippen LogP contribution >= 0.6 is 0 Å². The Kier molecular flexibility index (Phi) is 7.39. The summed E-state index contributed by atoms with van der Waals surface area (Å²) in [5.74, 6) is -1.09. The molecule has 0 heterocycles. The highest BCUT2D eigenvalue weighted by Crippen LogP contribution is 2.27. The summed E-state index contributed by atoms with van der Waals surface area (Å²) in [4.78, 5) is 24.8. The molecule has 0 aromatic heterocycles. The highest BCUT2D eigenvalue weighted by molar-refractivity contribution is 6.39. The number of nitrogens with one attached hydrogen (secondary N) is 2. The van der Waals surface area contributed by atoms with Crippen molar-refractivity contribution in [2.45, 2.75) is 32.6 Å². The molecule has 0 saturated carbocycles. The predicted molar refractivity (Wildman–Crippen MR) is 122 cm³/mol. The van der Waals surface area contributed by atoms with Crippen LogP contribution in [0.4, 0.5) is 5.69 Å². The average Bonchev–Trinajstić information content (AvgIpc) is 2.79. The van der Waals surface area contributed by atoms with Crippen molar-refractivity contribution < 1.29 is 9.59 Å². The summed E-state index contributed by atoms with van der Waals surface area (Å²) in [5, 5.41) is 5.56. The number of hydrogen-bond donors (Lipinski definition) is 2. The van der Waals surface area contributed by atoms with Crippen molar-refractivity contribution in [1.82, 2.24) is 5.32 Å². The lowest BCUT2D eigenvalue weighted by atomic mass is 9.88. The summed E-state index contributed by atoms with van der Waals surface area (Å²) in [6.45, 7) is 4.36. The normalized spacial score (nSPS) is 10.6. The van der Waals surface area contributed by atoms with Crippen LogP contribution in [0.25, 0.3) is 0 Å². The summed E-state index contributed by atoms with van der Waals surface area (Å²) >= 11 is 0. The summed E-state index contributed by atoms with van der Waals surface area (Å²) < 4.78 is 0. The maximum atomic E-state index is 12.4. The summed E-state index contributed by atoms with van der Waals surface area (Å²) in [6.07, 6.45) is 1.49. The Morgan fingerprint density at radius 2 is 1.40 bits per heavy atom. The molecule has 0 saturated heterocycles. The fourth-order valence-electron chi connectivity index (χ4n) is 3.68. The number of hydrogen-bond acceptors (Lipinski definition) is 2. The lowest BCUT2D eigenvalue weighted by Crippen LogP contribution is -2.36. The van der Waals surface area contributed by atoms with Crippen LogP contribution in [0.2, 0.25) is 0 Å². The molecule has 0 atom stereocenters. The summed E-state index contributed by atoms with van der Waals surface area (Å²) in [7, 11) is 0. The van der Waals surface area contributed by atoms with E-state index in [0.717, 1.165) is 23.2 Å². The Morgan fingerprint density at radius 3 is 1.97 bits per heavy atom. The Morgan fingerprint density at radius 1 is 0.800 bits per heavy atom. The highest BCUT2D eigenvalue weighted by Gasteiger charge is 2.18. The topological polar surface area (TPSA) is 58.2 Å². The van der Waals surface area contributed by atoms with Crippen LogP contribution in [0, 0.1) is 6.92 Å². The fourth-order valence-corrected chi connectivity index (χ4v) is 3.68. The molecule has 0 fully saturated rings. The Balaban J connectivity index is 1.63. The van der Waals surface area contributed by atoms with Crippen LogP contribution in [0.3, 0.4) is 0 Å². The van der Waals surface area contributed by atoms with Gasteiger partial charge in [-0.1, -0.05) is 85.8 Å². The van der Waals surface area contributed by atoms with E-state index in [0.29, 0.717) is 13.0 Å². The first kappa shape index (κ1) is 21.3. The molecule has 0 aliphatic rings. The minimum atomic E-state index is -0.630. The van der Waals surface area contributed by atoms with Crippen molar-refractivity contribution in [3.05, 3.63) is 101 Å². The van der Waals surface area contributed by atoms with Crippen molar-refractivity contribution >= 4 is 17.5 Å². The zero-order chi connectivity index (χ0) is 21.3.